The zero-order valence-electron chi connectivity index (χ0n) is 13.9. The van der Waals surface area contributed by atoms with E-state index in [2.05, 4.69) is 20.9 Å². The van der Waals surface area contributed by atoms with Gasteiger partial charge in [0.15, 0.2) is 0 Å². The van der Waals surface area contributed by atoms with Gasteiger partial charge in [0, 0.05) is 19.3 Å². The molecule has 23 heavy (non-hydrogen) atoms. The second-order valence-corrected chi connectivity index (χ2v) is 5.97. The molecule has 1 aliphatic rings. The Hall–Kier alpha value is -1.04. The largest absolute Gasteiger partial charge is 0.370 e. The SMILES string of the molecule is Cc1ccc(NCCCNC(=O)C2(C)CCCCN2)nc1.Cl.Cl. The van der Waals surface area contributed by atoms with E-state index < -0.39 is 0 Å². The molecule has 0 radical (unpaired) electrons. The van der Waals surface area contributed by atoms with Crippen LogP contribution in [0.3, 0.4) is 0 Å². The smallest absolute Gasteiger partial charge is 0.240 e. The highest BCUT2D eigenvalue weighted by Gasteiger charge is 2.33. The molecule has 132 valence electrons. The van der Waals surface area contributed by atoms with Crippen LogP contribution in [-0.4, -0.2) is 36.1 Å². The highest BCUT2D eigenvalue weighted by atomic mass is 35.5. The van der Waals surface area contributed by atoms with E-state index in [9.17, 15) is 4.79 Å². The lowest BCUT2D eigenvalue weighted by atomic mass is 9.90. The third kappa shape index (κ3) is 6.94. The van der Waals surface area contributed by atoms with Gasteiger partial charge in [-0.05, 0) is 57.7 Å². The first kappa shape index (κ1) is 22.0. The van der Waals surface area contributed by atoms with E-state index in [1.54, 1.807) is 0 Å². The van der Waals surface area contributed by atoms with Crippen LogP contribution in [0.5, 0.6) is 0 Å². The van der Waals surface area contributed by atoms with Gasteiger partial charge in [0.2, 0.25) is 5.91 Å². The van der Waals surface area contributed by atoms with Crippen LogP contribution >= 0.6 is 24.8 Å². The van der Waals surface area contributed by atoms with Gasteiger partial charge in [-0.3, -0.25) is 4.79 Å². The topological polar surface area (TPSA) is 66.0 Å². The van der Waals surface area contributed by atoms with Crippen LogP contribution in [0.1, 0.15) is 38.2 Å². The average Bonchev–Trinajstić information content (AvgIpc) is 2.49. The lowest BCUT2D eigenvalue weighted by molar-refractivity contribution is -0.127. The fourth-order valence-corrected chi connectivity index (χ4v) is 2.52. The predicted octanol–water partition coefficient (Wildman–Crippen LogP) is 2.68. The van der Waals surface area contributed by atoms with Gasteiger partial charge in [0.25, 0.3) is 0 Å². The van der Waals surface area contributed by atoms with E-state index in [0.717, 1.165) is 50.2 Å². The lowest BCUT2D eigenvalue weighted by Crippen LogP contribution is -2.57. The van der Waals surface area contributed by atoms with E-state index in [0.29, 0.717) is 6.54 Å². The number of anilines is 1. The summed E-state index contributed by atoms with van der Waals surface area (Å²) in [6.45, 7) is 6.45. The van der Waals surface area contributed by atoms with Crippen LogP contribution in [-0.2, 0) is 4.79 Å². The summed E-state index contributed by atoms with van der Waals surface area (Å²) in [5.74, 6) is 1.00. The average molecular weight is 363 g/mol. The molecule has 1 atom stereocenters. The minimum atomic E-state index is -0.385. The number of hydrogen-bond donors (Lipinski definition) is 3. The maximum atomic E-state index is 12.2. The maximum absolute atomic E-state index is 12.2. The van der Waals surface area contributed by atoms with Crippen molar-refractivity contribution < 1.29 is 4.79 Å². The van der Waals surface area contributed by atoms with Crippen molar-refractivity contribution in [3.05, 3.63) is 23.9 Å². The van der Waals surface area contributed by atoms with Crippen molar-refractivity contribution in [1.82, 2.24) is 15.6 Å². The van der Waals surface area contributed by atoms with Crippen LogP contribution in [0.15, 0.2) is 18.3 Å². The molecule has 1 aliphatic heterocycles. The molecule has 0 saturated carbocycles. The highest BCUT2D eigenvalue weighted by Crippen LogP contribution is 2.18. The summed E-state index contributed by atoms with van der Waals surface area (Å²) in [6, 6.07) is 4.01. The van der Waals surface area contributed by atoms with Crippen molar-refractivity contribution >= 4 is 36.5 Å². The lowest BCUT2D eigenvalue weighted by Gasteiger charge is -2.33. The second-order valence-electron chi connectivity index (χ2n) is 5.97. The Labute approximate surface area is 151 Å². The Morgan fingerprint density at radius 2 is 2.09 bits per heavy atom. The Morgan fingerprint density at radius 1 is 1.30 bits per heavy atom. The first-order valence-corrected chi connectivity index (χ1v) is 7.80. The van der Waals surface area contributed by atoms with Crippen LogP contribution in [0.4, 0.5) is 5.82 Å². The summed E-state index contributed by atoms with van der Waals surface area (Å²) in [6.07, 6.45) is 5.94. The quantitative estimate of drug-likeness (QED) is 0.680. The molecule has 1 amide bonds. The Bertz CT molecular complexity index is 462. The fraction of sp³-hybridized carbons (Fsp3) is 0.625. The second kappa shape index (κ2) is 10.7. The van der Waals surface area contributed by atoms with E-state index in [-0.39, 0.29) is 36.3 Å². The number of piperidine rings is 1. The third-order valence-corrected chi connectivity index (χ3v) is 3.98. The maximum Gasteiger partial charge on any atom is 0.240 e. The first-order valence-electron chi connectivity index (χ1n) is 7.80. The Kier molecular flexibility index (Phi) is 10.2. The van der Waals surface area contributed by atoms with Gasteiger partial charge >= 0.3 is 0 Å². The van der Waals surface area contributed by atoms with Crippen molar-refractivity contribution in [3.63, 3.8) is 0 Å². The number of amides is 1. The van der Waals surface area contributed by atoms with Crippen molar-refractivity contribution in [2.75, 3.05) is 25.0 Å². The molecule has 1 saturated heterocycles. The minimum Gasteiger partial charge on any atom is -0.370 e. The number of aromatic nitrogens is 1. The number of carbonyl (C=O) groups is 1. The number of rotatable bonds is 6. The van der Waals surface area contributed by atoms with Crippen LogP contribution in [0.25, 0.3) is 0 Å². The van der Waals surface area contributed by atoms with Crippen LogP contribution < -0.4 is 16.0 Å². The molecule has 0 aliphatic carbocycles. The molecule has 2 rings (SSSR count). The van der Waals surface area contributed by atoms with Crippen molar-refractivity contribution in [2.24, 2.45) is 0 Å². The number of nitrogens with zero attached hydrogens (tertiary/aromatic N) is 1. The monoisotopic (exact) mass is 362 g/mol. The number of nitrogens with one attached hydrogen (secondary N) is 3. The molecule has 1 unspecified atom stereocenters. The van der Waals surface area contributed by atoms with Gasteiger partial charge in [-0.2, -0.15) is 0 Å². The number of carbonyl (C=O) groups excluding carboxylic acids is 1. The van der Waals surface area contributed by atoms with E-state index in [1.165, 1.54) is 0 Å². The number of halogens is 2. The van der Waals surface area contributed by atoms with Gasteiger partial charge in [-0.1, -0.05) is 6.07 Å². The minimum absolute atomic E-state index is 0. The standard InChI is InChI=1S/C16H26N4O.2ClH/c1-13-6-7-14(19-12-13)17-9-5-10-18-15(21)16(2)8-3-4-11-20-16;;/h6-7,12,20H,3-5,8-11H2,1-2H3,(H,17,19)(H,18,21);2*1H. The van der Waals surface area contributed by atoms with Crippen LogP contribution in [0, 0.1) is 6.92 Å². The molecular formula is C16H28Cl2N4O. The molecule has 1 aromatic rings. The van der Waals surface area contributed by atoms with E-state index in [4.69, 9.17) is 0 Å². The molecule has 7 heteroatoms. The fourth-order valence-electron chi connectivity index (χ4n) is 2.52. The van der Waals surface area contributed by atoms with Gasteiger partial charge < -0.3 is 16.0 Å². The molecular weight excluding hydrogens is 335 g/mol. The summed E-state index contributed by atoms with van der Waals surface area (Å²) >= 11 is 0. The zero-order chi connectivity index (χ0) is 15.1. The van der Waals surface area contributed by atoms with Crippen molar-refractivity contribution in [1.29, 1.82) is 0 Å². The molecule has 1 fully saturated rings. The number of aryl methyl sites for hydroxylation is 1. The van der Waals surface area contributed by atoms with Crippen molar-refractivity contribution in [3.8, 4) is 0 Å². The molecule has 0 spiro atoms. The van der Waals surface area contributed by atoms with Crippen molar-refractivity contribution in [2.45, 2.75) is 45.1 Å². The highest BCUT2D eigenvalue weighted by molar-refractivity contribution is 5.86. The molecule has 5 nitrogen and oxygen atoms in total. The first-order chi connectivity index (χ1) is 10.1. The Balaban J connectivity index is 0.00000242. The summed E-state index contributed by atoms with van der Waals surface area (Å²) in [4.78, 5) is 16.5. The molecule has 2 heterocycles. The van der Waals surface area contributed by atoms with E-state index in [1.807, 2.05) is 32.2 Å². The predicted molar refractivity (Wildman–Crippen MR) is 99.8 cm³/mol. The summed E-state index contributed by atoms with van der Waals surface area (Å²) in [5, 5.41) is 9.61. The number of hydrogen-bond acceptors (Lipinski definition) is 4. The Morgan fingerprint density at radius 3 is 2.70 bits per heavy atom. The number of pyridine rings is 1. The van der Waals surface area contributed by atoms with Gasteiger partial charge in [-0.25, -0.2) is 4.98 Å². The van der Waals surface area contributed by atoms with Gasteiger partial charge in [-0.15, -0.1) is 24.8 Å². The zero-order valence-corrected chi connectivity index (χ0v) is 15.5. The molecule has 0 bridgehead atoms. The summed E-state index contributed by atoms with van der Waals surface area (Å²) < 4.78 is 0. The molecule has 1 aromatic heterocycles. The van der Waals surface area contributed by atoms with Gasteiger partial charge in [0.1, 0.15) is 5.82 Å². The normalized spacial score (nSPS) is 19.9. The van der Waals surface area contributed by atoms with Crippen LogP contribution in [0.2, 0.25) is 0 Å². The molecule has 3 N–H and O–H groups in total. The summed E-state index contributed by atoms with van der Waals surface area (Å²) in [5.41, 5.74) is 0.769. The summed E-state index contributed by atoms with van der Waals surface area (Å²) in [7, 11) is 0. The third-order valence-electron chi connectivity index (χ3n) is 3.98. The molecule has 0 aromatic carbocycles. The van der Waals surface area contributed by atoms with E-state index >= 15 is 0 Å². The van der Waals surface area contributed by atoms with Gasteiger partial charge in [0.05, 0.1) is 5.54 Å².